The summed E-state index contributed by atoms with van der Waals surface area (Å²) < 4.78 is 39.0. The molecule has 0 unspecified atom stereocenters. The Morgan fingerprint density at radius 3 is 2.70 bits per heavy atom. The number of hydrogen-bond acceptors (Lipinski definition) is 1. The Morgan fingerprint density at radius 1 is 1.40 bits per heavy atom. The second-order valence-electron chi connectivity index (χ2n) is 4.28. The number of unbranched alkanes of at least 4 members (excludes halogenated alkanes) is 1. The molecule has 1 aromatic rings. The highest BCUT2D eigenvalue weighted by atomic mass is 79.9. The van der Waals surface area contributed by atoms with Gasteiger partial charge in [0.25, 0.3) is 0 Å². The van der Waals surface area contributed by atoms with Gasteiger partial charge in [-0.15, -0.1) is 0 Å². The summed E-state index contributed by atoms with van der Waals surface area (Å²) in [5.41, 5.74) is 5.00. The van der Waals surface area contributed by atoms with Crippen molar-refractivity contribution in [2.75, 3.05) is 6.54 Å². The van der Waals surface area contributed by atoms with Crippen LogP contribution in [0.25, 0.3) is 0 Å². The SMILES string of the molecule is CCCCNC(N)=NCc1ccc(Br)cc1C(F)(F)F. The lowest BCUT2D eigenvalue weighted by Gasteiger charge is -2.12. The number of guanidine groups is 1. The largest absolute Gasteiger partial charge is 0.416 e. The number of hydrogen-bond donors (Lipinski definition) is 2. The third-order valence-electron chi connectivity index (χ3n) is 2.63. The van der Waals surface area contributed by atoms with Crippen molar-refractivity contribution in [3.05, 3.63) is 33.8 Å². The second-order valence-corrected chi connectivity index (χ2v) is 5.20. The molecule has 0 saturated carbocycles. The summed E-state index contributed by atoms with van der Waals surface area (Å²) in [4.78, 5) is 3.94. The Bertz CT molecular complexity index is 472. The standard InChI is InChI=1S/C13H17BrF3N3/c1-2-3-6-19-12(18)20-8-9-4-5-10(14)7-11(9)13(15,16)17/h4-5,7H,2-3,6,8H2,1H3,(H3,18,19,20). The van der Waals surface area contributed by atoms with Crippen LogP contribution < -0.4 is 11.1 Å². The Morgan fingerprint density at radius 2 is 2.10 bits per heavy atom. The van der Waals surface area contributed by atoms with Crippen LogP contribution in [0.3, 0.4) is 0 Å². The molecule has 7 heteroatoms. The minimum Gasteiger partial charge on any atom is -0.370 e. The molecule has 1 aromatic carbocycles. The summed E-state index contributed by atoms with van der Waals surface area (Å²) in [5.74, 6) is 0.162. The molecule has 0 heterocycles. The molecule has 0 spiro atoms. The van der Waals surface area contributed by atoms with Crippen LogP contribution in [0.4, 0.5) is 13.2 Å². The van der Waals surface area contributed by atoms with E-state index in [0.29, 0.717) is 11.0 Å². The van der Waals surface area contributed by atoms with E-state index in [1.54, 1.807) is 6.07 Å². The molecule has 0 atom stereocenters. The average Bonchev–Trinajstić information content (AvgIpc) is 2.36. The van der Waals surface area contributed by atoms with Crippen molar-refractivity contribution in [3.63, 3.8) is 0 Å². The first kappa shape index (κ1) is 16.8. The van der Waals surface area contributed by atoms with Gasteiger partial charge in [-0.05, 0) is 24.1 Å². The third kappa shape index (κ3) is 5.40. The van der Waals surface area contributed by atoms with E-state index in [9.17, 15) is 13.2 Å². The van der Waals surface area contributed by atoms with Crippen molar-refractivity contribution in [2.24, 2.45) is 10.7 Å². The molecule has 0 radical (unpaired) electrons. The first-order chi connectivity index (χ1) is 9.34. The molecular formula is C13H17BrF3N3. The monoisotopic (exact) mass is 351 g/mol. The maximum Gasteiger partial charge on any atom is 0.416 e. The highest BCUT2D eigenvalue weighted by Crippen LogP contribution is 2.34. The highest BCUT2D eigenvalue weighted by Gasteiger charge is 2.33. The molecule has 3 N–H and O–H groups in total. The minimum absolute atomic E-state index is 0.0981. The second kappa shape index (κ2) is 7.52. The van der Waals surface area contributed by atoms with Crippen LogP contribution >= 0.6 is 15.9 Å². The van der Waals surface area contributed by atoms with Crippen LogP contribution in [-0.2, 0) is 12.7 Å². The molecule has 0 aromatic heterocycles. The molecule has 0 bridgehead atoms. The lowest BCUT2D eigenvalue weighted by molar-refractivity contribution is -0.138. The van der Waals surface area contributed by atoms with Gasteiger partial charge in [-0.25, -0.2) is 4.99 Å². The third-order valence-corrected chi connectivity index (χ3v) is 3.13. The van der Waals surface area contributed by atoms with Gasteiger partial charge in [0.05, 0.1) is 12.1 Å². The van der Waals surface area contributed by atoms with Crippen molar-refractivity contribution in [1.29, 1.82) is 0 Å². The molecule has 0 amide bonds. The van der Waals surface area contributed by atoms with Crippen molar-refractivity contribution >= 4 is 21.9 Å². The number of nitrogens with one attached hydrogen (secondary N) is 1. The lowest BCUT2D eigenvalue weighted by atomic mass is 10.1. The molecule has 0 aliphatic rings. The van der Waals surface area contributed by atoms with Crippen LogP contribution in [0.15, 0.2) is 27.7 Å². The lowest BCUT2D eigenvalue weighted by Crippen LogP contribution is -2.32. The molecule has 112 valence electrons. The molecule has 3 nitrogen and oxygen atoms in total. The van der Waals surface area contributed by atoms with Gasteiger partial charge in [-0.1, -0.05) is 35.3 Å². The van der Waals surface area contributed by atoms with Gasteiger partial charge in [-0.3, -0.25) is 0 Å². The van der Waals surface area contributed by atoms with E-state index in [1.807, 2.05) is 6.92 Å². The zero-order chi connectivity index (χ0) is 15.2. The summed E-state index contributed by atoms with van der Waals surface area (Å²) >= 11 is 3.04. The predicted molar refractivity (Wildman–Crippen MR) is 77.4 cm³/mol. The normalized spacial score (nSPS) is 12.6. The Balaban J connectivity index is 2.80. The highest BCUT2D eigenvalue weighted by molar-refractivity contribution is 9.10. The maximum atomic E-state index is 12.9. The van der Waals surface area contributed by atoms with E-state index >= 15 is 0 Å². The van der Waals surface area contributed by atoms with Crippen molar-refractivity contribution in [1.82, 2.24) is 5.32 Å². The number of nitrogens with two attached hydrogens (primary N) is 1. The van der Waals surface area contributed by atoms with Gasteiger partial charge < -0.3 is 11.1 Å². The van der Waals surface area contributed by atoms with E-state index in [4.69, 9.17) is 5.73 Å². The number of aliphatic imine (C=N–C) groups is 1. The fraction of sp³-hybridized carbons (Fsp3) is 0.462. The summed E-state index contributed by atoms with van der Waals surface area (Å²) in [6.07, 6.45) is -2.47. The van der Waals surface area contributed by atoms with Gasteiger partial charge in [-0.2, -0.15) is 13.2 Å². The molecule has 1 rings (SSSR count). The number of benzene rings is 1. The predicted octanol–water partition coefficient (Wildman–Crippen LogP) is 3.67. The smallest absolute Gasteiger partial charge is 0.370 e. The molecule has 0 saturated heterocycles. The Kier molecular flexibility index (Phi) is 6.32. The van der Waals surface area contributed by atoms with Crippen molar-refractivity contribution in [2.45, 2.75) is 32.5 Å². The molecule has 0 fully saturated rings. The van der Waals surface area contributed by atoms with Crippen molar-refractivity contribution < 1.29 is 13.2 Å². The van der Waals surface area contributed by atoms with Gasteiger partial charge in [0.15, 0.2) is 5.96 Å². The summed E-state index contributed by atoms with van der Waals surface area (Å²) in [5, 5.41) is 2.86. The molecule has 20 heavy (non-hydrogen) atoms. The van der Waals surface area contributed by atoms with Crippen LogP contribution in [0.1, 0.15) is 30.9 Å². The zero-order valence-electron chi connectivity index (χ0n) is 11.1. The molecule has 0 aliphatic heterocycles. The topological polar surface area (TPSA) is 50.4 Å². The molecular weight excluding hydrogens is 335 g/mol. The van der Waals surface area contributed by atoms with Gasteiger partial charge >= 0.3 is 6.18 Å². The number of rotatable bonds is 5. The Hall–Kier alpha value is -1.24. The average molecular weight is 352 g/mol. The van der Waals surface area contributed by atoms with E-state index in [0.717, 1.165) is 18.9 Å². The van der Waals surface area contributed by atoms with Gasteiger partial charge in [0.2, 0.25) is 0 Å². The quantitative estimate of drug-likeness (QED) is 0.483. The number of nitrogens with zero attached hydrogens (tertiary/aromatic N) is 1. The fourth-order valence-corrected chi connectivity index (χ4v) is 1.93. The minimum atomic E-state index is -4.40. The summed E-state index contributed by atoms with van der Waals surface area (Å²) in [6, 6.07) is 4.00. The maximum absolute atomic E-state index is 12.9. The number of alkyl halides is 3. The van der Waals surface area contributed by atoms with E-state index in [-0.39, 0.29) is 18.1 Å². The zero-order valence-corrected chi connectivity index (χ0v) is 12.7. The summed E-state index contributed by atoms with van der Waals surface area (Å²) in [7, 11) is 0. The Labute approximate surface area is 124 Å². The van der Waals surface area contributed by atoms with E-state index in [2.05, 4.69) is 26.2 Å². The first-order valence-corrected chi connectivity index (χ1v) is 7.03. The van der Waals surface area contributed by atoms with Gasteiger partial charge in [0, 0.05) is 11.0 Å². The first-order valence-electron chi connectivity index (χ1n) is 6.24. The fourth-order valence-electron chi connectivity index (χ4n) is 1.57. The van der Waals surface area contributed by atoms with Crippen LogP contribution in [0.2, 0.25) is 0 Å². The van der Waals surface area contributed by atoms with Crippen LogP contribution in [0, 0.1) is 0 Å². The molecule has 0 aliphatic carbocycles. The number of halogens is 4. The summed E-state index contributed by atoms with van der Waals surface area (Å²) in [6.45, 7) is 2.60. The van der Waals surface area contributed by atoms with E-state index in [1.165, 1.54) is 6.07 Å². The van der Waals surface area contributed by atoms with Crippen molar-refractivity contribution in [3.8, 4) is 0 Å². The van der Waals surface area contributed by atoms with Crippen LogP contribution in [-0.4, -0.2) is 12.5 Å². The van der Waals surface area contributed by atoms with Crippen LogP contribution in [0.5, 0.6) is 0 Å². The van der Waals surface area contributed by atoms with E-state index < -0.39 is 11.7 Å². The van der Waals surface area contributed by atoms with Gasteiger partial charge in [0.1, 0.15) is 0 Å².